The van der Waals surface area contributed by atoms with Gasteiger partial charge in [-0.15, -0.1) is 0 Å². The second-order valence-corrected chi connectivity index (χ2v) is 7.04. The smallest absolute Gasteiger partial charge is 0.322 e. The van der Waals surface area contributed by atoms with E-state index < -0.39 is 0 Å². The molecule has 1 aliphatic rings. The van der Waals surface area contributed by atoms with Gasteiger partial charge in [0.1, 0.15) is 0 Å². The van der Waals surface area contributed by atoms with Crippen molar-refractivity contribution in [3.63, 3.8) is 0 Å². The van der Waals surface area contributed by atoms with Crippen molar-refractivity contribution in [1.82, 2.24) is 19.6 Å². The van der Waals surface area contributed by atoms with Crippen LogP contribution in [0, 0.1) is 0 Å². The monoisotopic (exact) mass is 323 g/mol. The third-order valence-electron chi connectivity index (χ3n) is 4.32. The fraction of sp³-hybridized carbons (Fsp3) is 0.750. The van der Waals surface area contributed by atoms with Crippen molar-refractivity contribution >= 4 is 11.7 Å². The van der Waals surface area contributed by atoms with Gasteiger partial charge in [0, 0.05) is 38.4 Å². The molecule has 2 N–H and O–H groups in total. The second kappa shape index (κ2) is 7.31. The SMILES string of the molecule is CCC(CO)N1CCN(C(=O)Nc2cnn(C(C)(C)C)c2)CC1. The maximum absolute atomic E-state index is 12.4. The number of carbonyl (C=O) groups excluding carboxylic acids is 1. The van der Waals surface area contributed by atoms with E-state index in [1.807, 2.05) is 15.8 Å². The zero-order chi connectivity index (χ0) is 17.0. The van der Waals surface area contributed by atoms with E-state index in [0.717, 1.165) is 19.5 Å². The Morgan fingerprint density at radius 3 is 2.48 bits per heavy atom. The molecule has 1 aromatic heterocycles. The Hall–Kier alpha value is -1.60. The predicted octanol–water partition coefficient (Wildman–Crippen LogP) is 1.56. The molecule has 1 aliphatic heterocycles. The average molecular weight is 323 g/mol. The van der Waals surface area contributed by atoms with Crippen molar-refractivity contribution in [2.75, 3.05) is 38.1 Å². The zero-order valence-corrected chi connectivity index (χ0v) is 14.6. The van der Waals surface area contributed by atoms with E-state index in [4.69, 9.17) is 0 Å². The van der Waals surface area contributed by atoms with Gasteiger partial charge in [-0.2, -0.15) is 5.10 Å². The van der Waals surface area contributed by atoms with Crippen molar-refractivity contribution in [3.8, 4) is 0 Å². The first kappa shape index (κ1) is 17.7. The average Bonchev–Trinajstić information content (AvgIpc) is 2.98. The first-order valence-corrected chi connectivity index (χ1v) is 8.31. The van der Waals surface area contributed by atoms with Crippen LogP contribution in [0.4, 0.5) is 10.5 Å². The molecule has 0 aromatic carbocycles. The first-order chi connectivity index (χ1) is 10.8. The summed E-state index contributed by atoms with van der Waals surface area (Å²) in [4.78, 5) is 16.4. The lowest BCUT2D eigenvalue weighted by molar-refractivity contribution is 0.0766. The predicted molar refractivity (Wildman–Crippen MR) is 90.6 cm³/mol. The molecule has 0 radical (unpaired) electrons. The van der Waals surface area contributed by atoms with Crippen LogP contribution in [0.1, 0.15) is 34.1 Å². The number of carbonyl (C=O) groups is 1. The van der Waals surface area contributed by atoms with Gasteiger partial charge in [-0.05, 0) is 27.2 Å². The number of aliphatic hydroxyl groups is 1. The minimum absolute atomic E-state index is 0.0878. The lowest BCUT2D eigenvalue weighted by Gasteiger charge is -2.38. The number of piperazine rings is 1. The van der Waals surface area contributed by atoms with Gasteiger partial charge in [-0.25, -0.2) is 4.79 Å². The van der Waals surface area contributed by atoms with Crippen LogP contribution >= 0.6 is 0 Å². The fourth-order valence-electron chi connectivity index (χ4n) is 2.75. The van der Waals surface area contributed by atoms with E-state index in [2.05, 4.69) is 43.0 Å². The third-order valence-corrected chi connectivity index (χ3v) is 4.32. The molecule has 2 amide bonds. The van der Waals surface area contributed by atoms with Gasteiger partial charge in [0.25, 0.3) is 0 Å². The van der Waals surface area contributed by atoms with Crippen LogP contribution in [-0.2, 0) is 5.54 Å². The normalized spacial score (nSPS) is 18.0. The Kier molecular flexibility index (Phi) is 5.64. The minimum atomic E-state index is -0.103. The van der Waals surface area contributed by atoms with Crippen LogP contribution in [0.3, 0.4) is 0 Å². The fourth-order valence-corrected chi connectivity index (χ4v) is 2.75. The Morgan fingerprint density at radius 2 is 2.00 bits per heavy atom. The molecule has 0 spiro atoms. The Balaban J connectivity index is 1.87. The quantitative estimate of drug-likeness (QED) is 0.882. The Morgan fingerprint density at radius 1 is 1.35 bits per heavy atom. The van der Waals surface area contributed by atoms with Gasteiger partial charge in [-0.1, -0.05) is 6.92 Å². The lowest BCUT2D eigenvalue weighted by atomic mass is 10.1. The number of urea groups is 1. The molecule has 1 aromatic rings. The summed E-state index contributed by atoms with van der Waals surface area (Å²) in [7, 11) is 0. The molecule has 1 unspecified atom stereocenters. The molecule has 23 heavy (non-hydrogen) atoms. The molecule has 7 nitrogen and oxygen atoms in total. The van der Waals surface area contributed by atoms with E-state index >= 15 is 0 Å². The summed E-state index contributed by atoms with van der Waals surface area (Å²) in [5.74, 6) is 0. The molecule has 0 saturated carbocycles. The maximum Gasteiger partial charge on any atom is 0.322 e. The third kappa shape index (κ3) is 4.45. The van der Waals surface area contributed by atoms with Crippen LogP contribution in [-0.4, -0.2) is 69.5 Å². The van der Waals surface area contributed by atoms with Crippen molar-refractivity contribution < 1.29 is 9.90 Å². The molecule has 2 heterocycles. The summed E-state index contributed by atoms with van der Waals surface area (Å²) in [5.41, 5.74) is 0.614. The van der Waals surface area contributed by atoms with Crippen molar-refractivity contribution in [3.05, 3.63) is 12.4 Å². The highest BCUT2D eigenvalue weighted by molar-refractivity contribution is 5.89. The lowest BCUT2D eigenvalue weighted by Crippen LogP contribution is -2.53. The Bertz CT molecular complexity index is 511. The molecule has 7 heteroatoms. The molecule has 1 atom stereocenters. The van der Waals surface area contributed by atoms with Crippen LogP contribution in [0.25, 0.3) is 0 Å². The summed E-state index contributed by atoms with van der Waals surface area (Å²) in [5, 5.41) is 16.6. The van der Waals surface area contributed by atoms with Crippen molar-refractivity contribution in [1.29, 1.82) is 0 Å². The van der Waals surface area contributed by atoms with Crippen molar-refractivity contribution in [2.45, 2.75) is 45.7 Å². The summed E-state index contributed by atoms with van der Waals surface area (Å²) in [6.07, 6.45) is 4.46. The first-order valence-electron chi connectivity index (χ1n) is 8.31. The molecule has 0 bridgehead atoms. The molecule has 1 fully saturated rings. The number of aromatic nitrogens is 2. The largest absolute Gasteiger partial charge is 0.395 e. The van der Waals surface area contributed by atoms with Gasteiger partial charge in [0.05, 0.1) is 24.0 Å². The van der Waals surface area contributed by atoms with E-state index in [1.165, 1.54) is 0 Å². The highest BCUT2D eigenvalue weighted by Crippen LogP contribution is 2.16. The van der Waals surface area contributed by atoms with Gasteiger partial charge in [-0.3, -0.25) is 9.58 Å². The van der Waals surface area contributed by atoms with E-state index in [-0.39, 0.29) is 24.2 Å². The number of anilines is 1. The number of nitrogens with one attached hydrogen (secondary N) is 1. The van der Waals surface area contributed by atoms with Crippen LogP contribution in [0.15, 0.2) is 12.4 Å². The number of aliphatic hydroxyl groups excluding tert-OH is 1. The van der Waals surface area contributed by atoms with Crippen LogP contribution < -0.4 is 5.32 Å². The summed E-state index contributed by atoms with van der Waals surface area (Å²) >= 11 is 0. The zero-order valence-electron chi connectivity index (χ0n) is 14.6. The van der Waals surface area contributed by atoms with Crippen LogP contribution in [0.5, 0.6) is 0 Å². The summed E-state index contributed by atoms with van der Waals surface area (Å²) in [6.45, 7) is 11.4. The highest BCUT2D eigenvalue weighted by Gasteiger charge is 2.25. The Labute approximate surface area is 138 Å². The van der Waals surface area contributed by atoms with E-state index in [9.17, 15) is 9.90 Å². The highest BCUT2D eigenvalue weighted by atomic mass is 16.3. The molecular weight excluding hydrogens is 294 g/mol. The van der Waals surface area contributed by atoms with Gasteiger partial charge in [0.2, 0.25) is 0 Å². The molecule has 130 valence electrons. The number of rotatable bonds is 4. The van der Waals surface area contributed by atoms with E-state index in [1.54, 1.807) is 6.20 Å². The molecule has 2 rings (SSSR count). The topological polar surface area (TPSA) is 73.6 Å². The summed E-state index contributed by atoms with van der Waals surface area (Å²) < 4.78 is 1.84. The van der Waals surface area contributed by atoms with E-state index in [0.29, 0.717) is 18.8 Å². The molecule has 0 aliphatic carbocycles. The summed E-state index contributed by atoms with van der Waals surface area (Å²) in [6, 6.07) is 0.111. The number of amides is 2. The number of hydrogen-bond acceptors (Lipinski definition) is 4. The van der Waals surface area contributed by atoms with Crippen molar-refractivity contribution in [2.24, 2.45) is 0 Å². The van der Waals surface area contributed by atoms with Crippen LogP contribution in [0.2, 0.25) is 0 Å². The number of nitrogens with zero attached hydrogens (tertiary/aromatic N) is 4. The second-order valence-electron chi connectivity index (χ2n) is 7.04. The van der Waals surface area contributed by atoms with Gasteiger partial charge >= 0.3 is 6.03 Å². The molecular formula is C16H29N5O2. The minimum Gasteiger partial charge on any atom is -0.395 e. The number of hydrogen-bond donors (Lipinski definition) is 2. The molecule has 1 saturated heterocycles. The van der Waals surface area contributed by atoms with Gasteiger partial charge in [0.15, 0.2) is 0 Å². The van der Waals surface area contributed by atoms with Gasteiger partial charge < -0.3 is 15.3 Å². The standard InChI is InChI=1S/C16H29N5O2/c1-5-14(12-22)19-6-8-20(9-7-19)15(23)18-13-10-17-21(11-13)16(2,3)4/h10-11,14,22H,5-9,12H2,1-4H3,(H,18,23). The maximum atomic E-state index is 12.4.